The molecular weight excluding hydrogens is 442 g/mol. The van der Waals surface area contributed by atoms with E-state index in [2.05, 4.69) is 10.6 Å². The summed E-state index contributed by atoms with van der Waals surface area (Å²) in [7, 11) is 5.05. The molecule has 3 atom stereocenters. The number of methoxy groups -OCH3 is 2. The second-order valence-corrected chi connectivity index (χ2v) is 11.3. The Morgan fingerprint density at radius 3 is 1.74 bits per heavy atom. The molecule has 31 heavy (non-hydrogen) atoms. The lowest BCUT2D eigenvalue weighted by Gasteiger charge is -2.21. The summed E-state index contributed by atoms with van der Waals surface area (Å²) in [4.78, 5) is 48.4. The molecule has 0 radical (unpaired) electrons. The Balaban J connectivity index is 4.78. The number of nitrogens with one attached hydrogen (secondary N) is 2. The molecule has 0 aliphatic heterocycles. The number of ether oxygens (including phenoxy) is 2. The van der Waals surface area contributed by atoms with Crippen LogP contribution in [-0.2, 0) is 28.7 Å². The summed E-state index contributed by atoms with van der Waals surface area (Å²) >= 11 is 0. The van der Waals surface area contributed by atoms with Crippen LogP contribution in [0.25, 0.3) is 0 Å². The van der Waals surface area contributed by atoms with Gasteiger partial charge in [-0.05, 0) is 17.8 Å². The van der Waals surface area contributed by atoms with Crippen LogP contribution in [0.3, 0.4) is 0 Å². The molecule has 0 aromatic rings. The number of esters is 2. The van der Waals surface area contributed by atoms with E-state index in [4.69, 9.17) is 15.2 Å². The summed E-state index contributed by atoms with van der Waals surface area (Å²) in [5.74, 6) is -1.10. The maximum absolute atomic E-state index is 12.2. The molecule has 0 rings (SSSR count). The van der Waals surface area contributed by atoms with E-state index in [1.165, 1.54) is 35.8 Å². The largest absolute Gasteiger partial charge is 0.467 e. The van der Waals surface area contributed by atoms with Crippen molar-refractivity contribution in [3.8, 4) is 0 Å². The van der Waals surface area contributed by atoms with Gasteiger partial charge in [0.2, 0.25) is 11.8 Å². The molecule has 0 heterocycles. The van der Waals surface area contributed by atoms with Gasteiger partial charge < -0.3 is 25.8 Å². The van der Waals surface area contributed by atoms with Crippen molar-refractivity contribution in [1.29, 1.82) is 0 Å². The number of amides is 2. The highest BCUT2D eigenvalue weighted by atomic mass is 33.1. The zero-order valence-electron chi connectivity index (χ0n) is 19.5. The summed E-state index contributed by atoms with van der Waals surface area (Å²) in [6, 6.07) is -2.41. The molecule has 0 saturated carbocycles. The first-order valence-corrected chi connectivity index (χ1v) is 12.5. The van der Waals surface area contributed by atoms with Crippen LogP contribution in [0, 0.1) is 11.3 Å². The van der Waals surface area contributed by atoms with E-state index in [1.54, 1.807) is 0 Å². The fourth-order valence-electron chi connectivity index (χ4n) is 2.47. The zero-order valence-corrected chi connectivity index (χ0v) is 21.1. The van der Waals surface area contributed by atoms with Crippen molar-refractivity contribution in [2.45, 2.75) is 65.6 Å². The molecule has 0 aromatic carbocycles. The van der Waals surface area contributed by atoms with Gasteiger partial charge >= 0.3 is 11.9 Å². The first kappa shape index (κ1) is 29.5. The van der Waals surface area contributed by atoms with Crippen molar-refractivity contribution in [2.75, 3.05) is 25.7 Å². The van der Waals surface area contributed by atoms with Crippen LogP contribution in [0.5, 0.6) is 0 Å². The second kappa shape index (κ2) is 14.6. The average molecular weight is 480 g/mol. The Kier molecular flexibility index (Phi) is 13.9. The van der Waals surface area contributed by atoms with Crippen molar-refractivity contribution >= 4 is 45.3 Å². The van der Waals surface area contributed by atoms with E-state index in [0.717, 1.165) is 0 Å². The Morgan fingerprint density at radius 2 is 1.35 bits per heavy atom. The van der Waals surface area contributed by atoms with Crippen molar-refractivity contribution in [3.63, 3.8) is 0 Å². The molecule has 2 amide bonds. The summed E-state index contributed by atoms with van der Waals surface area (Å²) < 4.78 is 9.53. The van der Waals surface area contributed by atoms with Crippen LogP contribution >= 0.6 is 21.6 Å². The molecule has 0 saturated heterocycles. The maximum Gasteiger partial charge on any atom is 0.329 e. The summed E-state index contributed by atoms with van der Waals surface area (Å²) in [6.07, 6.45) is 0.766. The van der Waals surface area contributed by atoms with Gasteiger partial charge in [0.05, 0.1) is 20.3 Å². The molecule has 4 N–H and O–H groups in total. The van der Waals surface area contributed by atoms with Gasteiger partial charge in [-0.1, -0.05) is 56.2 Å². The van der Waals surface area contributed by atoms with Gasteiger partial charge in [0.25, 0.3) is 0 Å². The quantitative estimate of drug-likeness (QED) is 0.204. The first-order chi connectivity index (χ1) is 14.3. The van der Waals surface area contributed by atoms with Crippen LogP contribution in [0.1, 0.15) is 47.5 Å². The third-order valence-corrected chi connectivity index (χ3v) is 6.35. The third kappa shape index (κ3) is 13.5. The zero-order chi connectivity index (χ0) is 24.2. The minimum absolute atomic E-state index is 0.210. The minimum Gasteiger partial charge on any atom is -0.467 e. The number of hydrogen-bond acceptors (Lipinski definition) is 9. The predicted octanol–water partition coefficient (Wildman–Crippen LogP) is 1.49. The summed E-state index contributed by atoms with van der Waals surface area (Å²) in [5.41, 5.74) is 5.66. The van der Waals surface area contributed by atoms with Crippen molar-refractivity contribution in [2.24, 2.45) is 17.1 Å². The van der Waals surface area contributed by atoms with Crippen LogP contribution < -0.4 is 16.4 Å². The van der Waals surface area contributed by atoms with Crippen LogP contribution in [-0.4, -0.2) is 67.6 Å². The van der Waals surface area contributed by atoms with Crippen LogP contribution in [0.2, 0.25) is 0 Å². The van der Waals surface area contributed by atoms with Gasteiger partial charge in [-0.25, -0.2) is 9.59 Å². The highest BCUT2D eigenvalue weighted by Crippen LogP contribution is 2.24. The fraction of sp³-hybridized carbons (Fsp3) is 0.800. The lowest BCUT2D eigenvalue weighted by Crippen LogP contribution is -2.50. The molecular formula is C20H37N3O6S2. The fourth-order valence-corrected chi connectivity index (χ4v) is 4.77. The second-order valence-electron chi connectivity index (χ2n) is 8.77. The van der Waals surface area contributed by atoms with Gasteiger partial charge in [-0.2, -0.15) is 0 Å². The maximum atomic E-state index is 12.2. The molecule has 0 aliphatic carbocycles. The number of hydrogen-bond donors (Lipinski definition) is 3. The Hall–Kier alpha value is -1.46. The lowest BCUT2D eigenvalue weighted by molar-refractivity contribution is -0.144. The highest BCUT2D eigenvalue weighted by molar-refractivity contribution is 8.76. The molecule has 180 valence electrons. The average Bonchev–Trinajstić information content (AvgIpc) is 2.65. The third-order valence-electron chi connectivity index (χ3n) is 3.93. The van der Waals surface area contributed by atoms with E-state index in [0.29, 0.717) is 6.42 Å². The molecule has 0 aliphatic rings. The predicted molar refractivity (Wildman–Crippen MR) is 124 cm³/mol. The first-order valence-electron chi connectivity index (χ1n) is 10.1. The number of rotatable bonds is 13. The Labute approximate surface area is 193 Å². The van der Waals surface area contributed by atoms with E-state index >= 15 is 0 Å². The molecule has 9 nitrogen and oxygen atoms in total. The monoisotopic (exact) mass is 479 g/mol. The summed E-state index contributed by atoms with van der Waals surface area (Å²) in [5, 5.41) is 5.30. The van der Waals surface area contributed by atoms with Gasteiger partial charge in [0, 0.05) is 17.9 Å². The summed E-state index contributed by atoms with van der Waals surface area (Å²) in [6.45, 7) is 9.70. The number of carbonyl (C=O) groups excluding carboxylic acids is 4. The van der Waals surface area contributed by atoms with E-state index in [9.17, 15) is 19.2 Å². The van der Waals surface area contributed by atoms with E-state index in [-0.39, 0.29) is 35.2 Å². The standard InChI is InChI=1S/C20H37N3O6S2/c1-12(2)8-13(21)17(25)23-15(19(27)29-7)11-31-30-10-14(18(26)28-6)22-16(24)9-20(3,4)5/h12-15H,8-11,21H2,1-7H3,(H,22,24)(H,23,25)/t13?,14-,15-/m0/s1. The van der Waals surface area contributed by atoms with E-state index < -0.39 is 36.0 Å². The highest BCUT2D eigenvalue weighted by Gasteiger charge is 2.27. The molecule has 11 heteroatoms. The number of carbonyl (C=O) groups is 4. The van der Waals surface area contributed by atoms with Gasteiger partial charge in [-0.15, -0.1) is 0 Å². The normalized spacial score (nSPS) is 14.4. The minimum atomic E-state index is -0.875. The van der Waals surface area contributed by atoms with Crippen LogP contribution in [0.15, 0.2) is 0 Å². The lowest BCUT2D eigenvalue weighted by atomic mass is 9.92. The smallest absolute Gasteiger partial charge is 0.329 e. The SMILES string of the molecule is COC(=O)[C@H](CSSC[C@H](NC(=O)C(N)CC(C)C)C(=O)OC)NC(=O)CC(C)(C)C. The van der Waals surface area contributed by atoms with Crippen molar-refractivity contribution < 1.29 is 28.7 Å². The molecule has 0 bridgehead atoms. The Morgan fingerprint density at radius 1 is 0.903 bits per heavy atom. The van der Waals surface area contributed by atoms with Crippen LogP contribution in [0.4, 0.5) is 0 Å². The van der Waals surface area contributed by atoms with Crippen molar-refractivity contribution in [3.05, 3.63) is 0 Å². The molecule has 0 aromatic heterocycles. The van der Waals surface area contributed by atoms with E-state index in [1.807, 2.05) is 34.6 Å². The molecule has 1 unspecified atom stereocenters. The molecule has 0 fully saturated rings. The van der Waals surface area contributed by atoms with Gasteiger partial charge in [0.15, 0.2) is 0 Å². The van der Waals surface area contributed by atoms with Gasteiger partial charge in [0.1, 0.15) is 12.1 Å². The topological polar surface area (TPSA) is 137 Å². The van der Waals surface area contributed by atoms with Gasteiger partial charge in [-0.3, -0.25) is 9.59 Å². The Bertz CT molecular complexity index is 610. The number of nitrogens with two attached hydrogens (primary N) is 1. The van der Waals surface area contributed by atoms with Crippen molar-refractivity contribution in [1.82, 2.24) is 10.6 Å². The molecule has 0 spiro atoms.